The summed E-state index contributed by atoms with van der Waals surface area (Å²) in [5.74, 6) is -2.75. The number of nitrogen functional groups attached to an aromatic ring is 2. The van der Waals surface area contributed by atoms with E-state index < -0.39 is 132 Å². The van der Waals surface area contributed by atoms with Crippen molar-refractivity contribution in [1.29, 1.82) is 0 Å². The third-order valence-corrected chi connectivity index (χ3v) is 14.7. The summed E-state index contributed by atoms with van der Waals surface area (Å²) in [5, 5.41) is 13.4. The summed E-state index contributed by atoms with van der Waals surface area (Å²) in [6.45, 7) is 0.559. The summed E-state index contributed by atoms with van der Waals surface area (Å²) in [5.41, 5.74) is 25.6. The monoisotopic (exact) mass is 1260 g/mol. The fourth-order valence-corrected chi connectivity index (χ4v) is 10.2. The molecule has 2 saturated heterocycles. The molecule has 2 aliphatic rings. The number of ether oxygens (including phenoxy) is 4. The van der Waals surface area contributed by atoms with Crippen LogP contribution in [0.15, 0.2) is 53.2 Å². The van der Waals surface area contributed by atoms with Crippen molar-refractivity contribution in [2.45, 2.75) is 95.1 Å². The minimum absolute atomic E-state index is 0.0350. The molecule has 9 atom stereocenters. The van der Waals surface area contributed by atoms with E-state index in [1.807, 2.05) is 0 Å². The second-order valence-corrected chi connectivity index (χ2v) is 22.6. The van der Waals surface area contributed by atoms with E-state index in [9.17, 15) is 57.4 Å². The zero-order valence-corrected chi connectivity index (χ0v) is 48.7. The quantitative estimate of drug-likeness (QED) is 0.0106. The van der Waals surface area contributed by atoms with Gasteiger partial charge >= 0.3 is 33.9 Å². The van der Waals surface area contributed by atoms with Crippen molar-refractivity contribution in [2.75, 3.05) is 70.3 Å². The summed E-state index contributed by atoms with van der Waals surface area (Å²) in [6.07, 6.45) is -6.04. The topological polar surface area (TPSA) is 550 Å². The van der Waals surface area contributed by atoms with Crippen molar-refractivity contribution in [1.82, 2.24) is 64.8 Å². The molecule has 0 spiro atoms. The third-order valence-electron chi connectivity index (χ3n) is 13.2. The first kappa shape index (κ1) is 65.9. The van der Waals surface area contributed by atoms with Crippen LogP contribution in [0.4, 0.5) is 31.8 Å². The van der Waals surface area contributed by atoms with Crippen molar-refractivity contribution in [2.24, 2.45) is 16.8 Å². The second kappa shape index (κ2) is 29.2. The maximum Gasteiger partial charge on any atom is 0.472 e. The van der Waals surface area contributed by atoms with Crippen molar-refractivity contribution in [3.05, 3.63) is 69.6 Å². The number of carbonyl (C=O) groups is 6. The summed E-state index contributed by atoms with van der Waals surface area (Å²) in [7, 11) is -7.95. The number of nitrogens with two attached hydrogens (primary N) is 3. The number of rotatable bonds is 28. The number of primary amides is 1. The first-order valence-corrected chi connectivity index (χ1v) is 29.4. The highest BCUT2D eigenvalue weighted by Gasteiger charge is 2.53. The average molecular weight is 1260 g/mol. The Balaban J connectivity index is 0.979. The van der Waals surface area contributed by atoms with Gasteiger partial charge in [-0.2, -0.15) is 4.98 Å². The SMILES string of the molecule is CC(C)[C@H](NC(=O)CN=[N+]=[N-])C(=O)N[C@@H](CCCNC(N)=O)C(=O)Nc1ccc(COC(=O)N(C)CCN(C)C(=O)O[C@@H]2[C@H](OP(=O)(O)OC[C@@H]3CC[C@H](n4cnc5c(N)ncnc54)O3)[C@@H](COP(=O)(O)O)O[C@H]2n2cnc3c(=O)[nH]c(N)nc32)cc1. The molecule has 41 heteroatoms. The molecular formula is C46H64N20O19P2. The molecule has 0 aliphatic carbocycles. The fraction of sp³-hybridized carbons (Fsp3) is 0.522. The molecule has 2 fully saturated rings. The van der Waals surface area contributed by atoms with Crippen LogP contribution in [0.3, 0.4) is 0 Å². The summed E-state index contributed by atoms with van der Waals surface area (Å²) in [6, 6.07) is 3.02. The van der Waals surface area contributed by atoms with E-state index in [0.29, 0.717) is 29.6 Å². The number of nitrogens with zero attached hydrogens (tertiary/aromatic N) is 12. The minimum Gasteiger partial charge on any atom is -0.445 e. The smallest absolute Gasteiger partial charge is 0.445 e. The number of aromatic amines is 1. The molecule has 7 rings (SSSR count). The Morgan fingerprint density at radius 3 is 2.29 bits per heavy atom. The van der Waals surface area contributed by atoms with Crippen LogP contribution in [-0.4, -0.2) is 189 Å². The number of aromatic nitrogens is 8. The predicted molar refractivity (Wildman–Crippen MR) is 298 cm³/mol. The first-order valence-electron chi connectivity index (χ1n) is 26.4. The van der Waals surface area contributed by atoms with E-state index in [0.717, 1.165) is 20.7 Å². The Kier molecular flexibility index (Phi) is 22.1. The van der Waals surface area contributed by atoms with Crippen LogP contribution in [0.1, 0.15) is 57.6 Å². The number of hydrogen-bond acceptors (Lipinski definition) is 24. The van der Waals surface area contributed by atoms with E-state index >= 15 is 0 Å². The first-order chi connectivity index (χ1) is 41.2. The van der Waals surface area contributed by atoms with Crippen LogP contribution in [0, 0.1) is 5.92 Å². The number of anilines is 3. The largest absolute Gasteiger partial charge is 0.472 e. The molecule has 5 aromatic rings. The Morgan fingerprint density at radius 2 is 1.60 bits per heavy atom. The summed E-state index contributed by atoms with van der Waals surface area (Å²) < 4.78 is 67.8. The molecular weight excluding hydrogens is 1200 g/mol. The van der Waals surface area contributed by atoms with Crippen LogP contribution in [-0.2, 0) is 62.6 Å². The Morgan fingerprint density at radius 1 is 0.897 bits per heavy atom. The number of amides is 7. The van der Waals surface area contributed by atoms with Gasteiger partial charge in [0, 0.05) is 44.3 Å². The molecule has 6 heterocycles. The van der Waals surface area contributed by atoms with Gasteiger partial charge in [-0.15, -0.1) is 0 Å². The Labute approximate surface area is 491 Å². The van der Waals surface area contributed by atoms with Crippen LogP contribution in [0.2, 0.25) is 0 Å². The van der Waals surface area contributed by atoms with Gasteiger partial charge in [0.05, 0.1) is 32.0 Å². The normalized spacial score (nSPS) is 19.8. The highest BCUT2D eigenvalue weighted by molar-refractivity contribution is 7.47. The van der Waals surface area contributed by atoms with Gasteiger partial charge in [-0.3, -0.25) is 46.9 Å². The van der Waals surface area contributed by atoms with Crippen LogP contribution in [0.5, 0.6) is 0 Å². The van der Waals surface area contributed by atoms with E-state index in [1.165, 1.54) is 38.9 Å². The lowest BCUT2D eigenvalue weighted by molar-refractivity contribution is -0.131. The number of benzene rings is 1. The van der Waals surface area contributed by atoms with Gasteiger partial charge in [0.1, 0.15) is 55.5 Å². The van der Waals surface area contributed by atoms with Crippen molar-refractivity contribution < 1.29 is 85.1 Å². The molecule has 1 aromatic carbocycles. The number of imidazole rings is 2. The predicted octanol–water partition coefficient (Wildman–Crippen LogP) is 0.339. The molecule has 7 amide bonds. The maximum atomic E-state index is 14.0. The molecule has 0 radical (unpaired) electrons. The van der Waals surface area contributed by atoms with Crippen molar-refractivity contribution in [3.63, 3.8) is 0 Å². The number of hydrogen-bond donors (Lipinski definition) is 11. The number of urea groups is 1. The van der Waals surface area contributed by atoms with Crippen molar-refractivity contribution >= 4 is 91.4 Å². The second-order valence-electron chi connectivity index (χ2n) is 19.9. The zero-order valence-electron chi connectivity index (χ0n) is 46.9. The molecule has 2 aliphatic heterocycles. The van der Waals surface area contributed by atoms with E-state index in [1.54, 1.807) is 30.5 Å². The van der Waals surface area contributed by atoms with E-state index in [4.69, 9.17) is 55.3 Å². The molecule has 472 valence electrons. The van der Waals surface area contributed by atoms with Crippen LogP contribution < -0.4 is 44.0 Å². The number of phosphoric acid groups is 2. The van der Waals surface area contributed by atoms with Gasteiger partial charge in [-0.05, 0) is 54.8 Å². The van der Waals surface area contributed by atoms with Crippen molar-refractivity contribution in [3.8, 4) is 0 Å². The molecule has 0 bridgehead atoms. The molecule has 39 nitrogen and oxygen atoms in total. The lowest BCUT2D eigenvalue weighted by atomic mass is 10.0. The average Bonchev–Trinajstić information content (AvgIpc) is 1.68. The number of nitrogens with one attached hydrogen (secondary N) is 5. The van der Waals surface area contributed by atoms with Gasteiger partial charge in [-0.25, -0.2) is 43.4 Å². The number of fused-ring (bicyclic) bond motifs is 2. The number of H-pyrrole nitrogens is 1. The number of azide groups is 1. The van der Waals surface area contributed by atoms with Gasteiger partial charge < -0.3 is 81.9 Å². The maximum absolute atomic E-state index is 14.0. The van der Waals surface area contributed by atoms with Gasteiger partial charge in [0.25, 0.3) is 5.56 Å². The van der Waals surface area contributed by atoms with Crippen LogP contribution >= 0.6 is 15.6 Å². The molecule has 1 unspecified atom stereocenters. The molecule has 0 saturated carbocycles. The van der Waals surface area contributed by atoms with Crippen LogP contribution in [0.25, 0.3) is 32.8 Å². The lowest BCUT2D eigenvalue weighted by Gasteiger charge is -2.28. The zero-order chi connectivity index (χ0) is 63.3. The Bertz CT molecular complexity index is 3510. The van der Waals surface area contributed by atoms with Gasteiger partial charge in [-0.1, -0.05) is 31.1 Å². The van der Waals surface area contributed by atoms with Gasteiger partial charge in [0.2, 0.25) is 23.7 Å². The fourth-order valence-electron chi connectivity index (χ4n) is 8.83. The highest BCUT2D eigenvalue weighted by Crippen LogP contribution is 2.51. The minimum atomic E-state index is -5.30. The molecule has 4 aromatic heterocycles. The number of carbonyl (C=O) groups excluding carboxylic acids is 6. The third kappa shape index (κ3) is 18.0. The molecule has 14 N–H and O–H groups in total. The molecule has 87 heavy (non-hydrogen) atoms. The summed E-state index contributed by atoms with van der Waals surface area (Å²) in [4.78, 5) is 148. The number of phosphoric ester groups is 2. The standard InChI is InChI=1S/C46H64N20O19P2/c1-23(2)31(59-29(67)16-56-62-50)40(69)58-27(6-5-13-51-44(49)71)39(68)57-25-9-7-24(8-10-25)17-79-45(72)63(3)14-15-64(4)46(73)84-35-34(28(19-80-86(74,75)76)83-42(35)66-22-55-33-38(66)60-43(48)61-41(33)70)85-87(77,78)81-18-26-11-12-30(82-26)65-21-54-32-36(47)52-20-53-37(32)65/h7-10,20-23,26-28,30-31,34-35,42H,5-6,11-19H2,1-4H3,(H,57,68)(H,58,69)(H,59,67)(H,77,78)(H2,47,52,53)(H3,49,51,71)(H2,74,75,76)(H3,48,60,61,70)/t26-,27-,28+,30+,31-,34+,35+,42+/m0/s1. The highest BCUT2D eigenvalue weighted by atomic mass is 31.2. The van der Waals surface area contributed by atoms with E-state index in [-0.39, 0.29) is 67.7 Å². The van der Waals surface area contributed by atoms with Gasteiger partial charge in [0.15, 0.2) is 35.0 Å². The Hall–Kier alpha value is -8.61. The van der Waals surface area contributed by atoms with E-state index in [2.05, 4.69) is 61.2 Å². The summed E-state index contributed by atoms with van der Waals surface area (Å²) >= 11 is 0. The number of likely N-dealkylation sites (N-methyl/N-ethyl adjacent to an activating group) is 2. The lowest BCUT2D eigenvalue weighted by Crippen LogP contribution is -2.55.